The van der Waals surface area contributed by atoms with Crippen LogP contribution in [0.5, 0.6) is 0 Å². The fourth-order valence-corrected chi connectivity index (χ4v) is 3.71. The number of rotatable bonds is 5. The molecule has 6 nitrogen and oxygen atoms in total. The average molecular weight is 387 g/mol. The van der Waals surface area contributed by atoms with Crippen LogP contribution in [0.15, 0.2) is 53.4 Å². The zero-order valence-corrected chi connectivity index (χ0v) is 15.4. The third-order valence-electron chi connectivity index (χ3n) is 3.98. The number of fused-ring (bicyclic) bond motifs is 1. The van der Waals surface area contributed by atoms with Crippen molar-refractivity contribution in [3.63, 3.8) is 0 Å². The molecule has 0 radical (unpaired) electrons. The van der Waals surface area contributed by atoms with Gasteiger partial charge in [0.1, 0.15) is 5.82 Å². The summed E-state index contributed by atoms with van der Waals surface area (Å²) in [4.78, 5) is 38.8. The Hall–Kier alpha value is -2.87. The molecule has 0 saturated carbocycles. The Morgan fingerprint density at radius 3 is 2.78 bits per heavy atom. The standard InChI is InChI=1S/C19H18FN3O3S/c1-23(11-17(24)21-13-6-4-5-12(20)9-13)18(25)10-16-19(26)22-14-7-2-3-8-15(14)27-16/h2-9,16H,10-11H2,1H3,(H,21,24)(H,22,26). The Kier molecular flexibility index (Phi) is 5.75. The van der Waals surface area contributed by atoms with Gasteiger partial charge in [0.05, 0.1) is 17.5 Å². The first-order chi connectivity index (χ1) is 12.9. The van der Waals surface area contributed by atoms with Gasteiger partial charge >= 0.3 is 0 Å². The van der Waals surface area contributed by atoms with E-state index in [4.69, 9.17) is 0 Å². The number of hydrogen-bond acceptors (Lipinski definition) is 4. The number of carbonyl (C=O) groups is 3. The van der Waals surface area contributed by atoms with E-state index in [2.05, 4.69) is 10.6 Å². The summed E-state index contributed by atoms with van der Waals surface area (Å²) in [6.07, 6.45) is -0.0193. The highest BCUT2D eigenvalue weighted by Crippen LogP contribution is 2.36. The summed E-state index contributed by atoms with van der Waals surface area (Å²) in [7, 11) is 1.49. The molecule has 0 bridgehead atoms. The largest absolute Gasteiger partial charge is 0.336 e. The Bertz CT molecular complexity index is 890. The van der Waals surface area contributed by atoms with Crippen LogP contribution in [0.25, 0.3) is 0 Å². The molecule has 2 aromatic carbocycles. The molecule has 1 aliphatic heterocycles. The molecule has 3 amide bonds. The van der Waals surface area contributed by atoms with Gasteiger partial charge in [0.25, 0.3) is 0 Å². The molecule has 2 aromatic rings. The molecule has 3 rings (SSSR count). The van der Waals surface area contributed by atoms with Crippen LogP contribution in [-0.2, 0) is 14.4 Å². The Morgan fingerprint density at radius 1 is 1.22 bits per heavy atom. The number of likely N-dealkylation sites (N-methyl/N-ethyl adjacent to an activating group) is 1. The maximum Gasteiger partial charge on any atom is 0.243 e. The Labute approximate surface area is 160 Å². The van der Waals surface area contributed by atoms with Crippen molar-refractivity contribution in [2.75, 3.05) is 24.2 Å². The lowest BCUT2D eigenvalue weighted by molar-refractivity contribution is -0.134. The Balaban J connectivity index is 1.54. The van der Waals surface area contributed by atoms with E-state index in [1.165, 1.54) is 41.9 Å². The van der Waals surface area contributed by atoms with Crippen molar-refractivity contribution in [2.24, 2.45) is 0 Å². The summed E-state index contributed by atoms with van der Waals surface area (Å²) in [5.74, 6) is -1.46. The maximum atomic E-state index is 13.2. The molecule has 1 atom stereocenters. The van der Waals surface area contributed by atoms with Crippen molar-refractivity contribution in [1.82, 2.24) is 4.90 Å². The molecular weight excluding hydrogens is 369 g/mol. The fourth-order valence-electron chi connectivity index (χ4n) is 2.61. The number of anilines is 2. The first-order valence-electron chi connectivity index (χ1n) is 8.28. The van der Waals surface area contributed by atoms with Crippen molar-refractivity contribution in [3.05, 3.63) is 54.3 Å². The van der Waals surface area contributed by atoms with Crippen molar-refractivity contribution >= 4 is 40.9 Å². The highest BCUT2D eigenvalue weighted by molar-refractivity contribution is 8.01. The van der Waals surface area contributed by atoms with E-state index >= 15 is 0 Å². The summed E-state index contributed by atoms with van der Waals surface area (Å²) < 4.78 is 13.2. The van der Waals surface area contributed by atoms with Crippen LogP contribution in [0.3, 0.4) is 0 Å². The zero-order valence-electron chi connectivity index (χ0n) is 14.6. The molecule has 27 heavy (non-hydrogen) atoms. The molecule has 0 saturated heterocycles. The van der Waals surface area contributed by atoms with Gasteiger partial charge in [0.15, 0.2) is 0 Å². The molecule has 1 unspecified atom stereocenters. The summed E-state index contributed by atoms with van der Waals surface area (Å²) in [5, 5.41) is 4.77. The molecule has 0 fully saturated rings. The highest BCUT2D eigenvalue weighted by atomic mass is 32.2. The first-order valence-corrected chi connectivity index (χ1v) is 9.16. The van der Waals surface area contributed by atoms with Gasteiger partial charge in [-0.05, 0) is 30.3 Å². The maximum absolute atomic E-state index is 13.2. The van der Waals surface area contributed by atoms with Crippen molar-refractivity contribution < 1.29 is 18.8 Å². The van der Waals surface area contributed by atoms with E-state index in [1.54, 1.807) is 12.1 Å². The SMILES string of the molecule is CN(CC(=O)Nc1cccc(F)c1)C(=O)CC1Sc2ccccc2NC1=O. The summed E-state index contributed by atoms with van der Waals surface area (Å²) in [6.45, 7) is -0.190. The van der Waals surface area contributed by atoms with Gasteiger partial charge in [-0.2, -0.15) is 0 Å². The van der Waals surface area contributed by atoms with Crippen LogP contribution in [0.1, 0.15) is 6.42 Å². The van der Waals surface area contributed by atoms with E-state index in [0.29, 0.717) is 5.69 Å². The highest BCUT2D eigenvalue weighted by Gasteiger charge is 2.30. The lowest BCUT2D eigenvalue weighted by atomic mass is 10.2. The van der Waals surface area contributed by atoms with Gasteiger partial charge in [-0.25, -0.2) is 4.39 Å². The van der Waals surface area contributed by atoms with Crippen LogP contribution >= 0.6 is 11.8 Å². The van der Waals surface area contributed by atoms with Crippen LogP contribution in [0, 0.1) is 5.82 Å². The number of benzene rings is 2. The molecule has 1 heterocycles. The zero-order chi connectivity index (χ0) is 19.4. The van der Waals surface area contributed by atoms with Crippen LogP contribution in [0.2, 0.25) is 0 Å². The van der Waals surface area contributed by atoms with Crippen LogP contribution < -0.4 is 10.6 Å². The lowest BCUT2D eigenvalue weighted by Crippen LogP contribution is -2.39. The number of thioether (sulfide) groups is 1. The molecular formula is C19H18FN3O3S. The second-order valence-electron chi connectivity index (χ2n) is 6.10. The molecule has 140 valence electrons. The minimum atomic E-state index is -0.555. The van der Waals surface area contributed by atoms with Crippen LogP contribution in [0.4, 0.5) is 15.8 Å². The first kappa shape index (κ1) is 18.9. The van der Waals surface area contributed by atoms with E-state index < -0.39 is 17.0 Å². The molecule has 0 aliphatic carbocycles. The molecule has 2 N–H and O–H groups in total. The second-order valence-corrected chi connectivity index (χ2v) is 7.35. The predicted molar refractivity (Wildman–Crippen MR) is 102 cm³/mol. The molecule has 8 heteroatoms. The number of hydrogen-bond donors (Lipinski definition) is 2. The number of nitrogens with zero attached hydrogens (tertiary/aromatic N) is 1. The van der Waals surface area contributed by atoms with Gasteiger partial charge in [0, 0.05) is 24.1 Å². The minimum absolute atomic E-state index is 0.0193. The van der Waals surface area contributed by atoms with Gasteiger partial charge < -0.3 is 15.5 Å². The van der Waals surface area contributed by atoms with E-state index in [1.807, 2.05) is 18.2 Å². The normalized spacial score (nSPS) is 15.5. The fraction of sp³-hybridized carbons (Fsp3) is 0.211. The minimum Gasteiger partial charge on any atom is -0.336 e. The quantitative estimate of drug-likeness (QED) is 0.827. The summed E-state index contributed by atoms with van der Waals surface area (Å²) in [5.41, 5.74) is 1.05. The van der Waals surface area contributed by atoms with Crippen molar-refractivity contribution in [1.29, 1.82) is 0 Å². The van der Waals surface area contributed by atoms with Gasteiger partial charge in [0.2, 0.25) is 17.7 Å². The number of carbonyl (C=O) groups excluding carboxylic acids is 3. The van der Waals surface area contributed by atoms with E-state index in [0.717, 1.165) is 10.6 Å². The smallest absolute Gasteiger partial charge is 0.243 e. The van der Waals surface area contributed by atoms with Gasteiger partial charge in [-0.15, -0.1) is 11.8 Å². The third-order valence-corrected chi connectivity index (χ3v) is 5.26. The topological polar surface area (TPSA) is 78.5 Å². The Morgan fingerprint density at radius 2 is 2.00 bits per heavy atom. The summed E-state index contributed by atoms with van der Waals surface area (Å²) >= 11 is 1.33. The second kappa shape index (κ2) is 8.22. The number of para-hydroxylation sites is 1. The summed E-state index contributed by atoms with van der Waals surface area (Å²) in [6, 6.07) is 12.9. The lowest BCUT2D eigenvalue weighted by Gasteiger charge is -2.25. The molecule has 0 spiro atoms. The molecule has 1 aliphatic rings. The average Bonchev–Trinajstić information content (AvgIpc) is 2.62. The van der Waals surface area contributed by atoms with Gasteiger partial charge in [-0.1, -0.05) is 18.2 Å². The number of halogens is 1. The van der Waals surface area contributed by atoms with E-state index in [-0.39, 0.29) is 24.8 Å². The van der Waals surface area contributed by atoms with E-state index in [9.17, 15) is 18.8 Å². The van der Waals surface area contributed by atoms with Crippen LogP contribution in [-0.4, -0.2) is 41.5 Å². The number of amides is 3. The van der Waals surface area contributed by atoms with Crippen molar-refractivity contribution in [2.45, 2.75) is 16.6 Å². The van der Waals surface area contributed by atoms with Gasteiger partial charge in [-0.3, -0.25) is 14.4 Å². The van der Waals surface area contributed by atoms with Crippen molar-refractivity contribution in [3.8, 4) is 0 Å². The molecule has 0 aromatic heterocycles. The number of nitrogens with one attached hydrogen (secondary N) is 2. The monoisotopic (exact) mass is 387 g/mol. The predicted octanol–water partition coefficient (Wildman–Crippen LogP) is 2.73. The third kappa shape index (κ3) is 4.85.